The lowest BCUT2D eigenvalue weighted by Crippen LogP contribution is -2.22. The molecule has 1 aliphatic heterocycles. The number of ether oxygens (including phenoxy) is 1. The molecule has 2 aromatic rings. The van der Waals surface area contributed by atoms with Gasteiger partial charge < -0.3 is 14.5 Å². The summed E-state index contributed by atoms with van der Waals surface area (Å²) >= 11 is 1.65. The lowest BCUT2D eigenvalue weighted by Gasteiger charge is -2.20. The van der Waals surface area contributed by atoms with Gasteiger partial charge in [0.05, 0.1) is 12.2 Å². The summed E-state index contributed by atoms with van der Waals surface area (Å²) in [6.45, 7) is 7.66. The first kappa shape index (κ1) is 17.1. The van der Waals surface area contributed by atoms with E-state index in [0.717, 1.165) is 42.0 Å². The quantitative estimate of drug-likeness (QED) is 0.766. The number of aromatic nitrogens is 3. The Balaban J connectivity index is 1.66. The lowest BCUT2D eigenvalue weighted by atomic mass is 10.4. The van der Waals surface area contributed by atoms with E-state index >= 15 is 0 Å². The SMILES string of the molecule is CCOC(C)c1nc(CN(C)c2cc(N3CCCC3)ncn2)cs1. The van der Waals surface area contributed by atoms with Gasteiger partial charge in [0.2, 0.25) is 0 Å². The summed E-state index contributed by atoms with van der Waals surface area (Å²) in [6, 6.07) is 2.07. The number of anilines is 2. The average molecular weight is 347 g/mol. The summed E-state index contributed by atoms with van der Waals surface area (Å²) in [6.07, 6.45) is 4.20. The van der Waals surface area contributed by atoms with Crippen molar-refractivity contribution in [3.8, 4) is 0 Å². The molecule has 1 aliphatic rings. The molecule has 0 radical (unpaired) electrons. The van der Waals surface area contributed by atoms with Gasteiger partial charge >= 0.3 is 0 Å². The molecule has 0 bridgehead atoms. The van der Waals surface area contributed by atoms with E-state index in [2.05, 4.69) is 31.2 Å². The van der Waals surface area contributed by atoms with Gasteiger partial charge in [0, 0.05) is 38.2 Å². The van der Waals surface area contributed by atoms with Crippen LogP contribution in [-0.2, 0) is 11.3 Å². The highest BCUT2D eigenvalue weighted by atomic mass is 32.1. The van der Waals surface area contributed by atoms with E-state index in [-0.39, 0.29) is 6.10 Å². The fourth-order valence-corrected chi connectivity index (χ4v) is 3.71. The molecule has 0 amide bonds. The monoisotopic (exact) mass is 347 g/mol. The minimum Gasteiger partial charge on any atom is -0.372 e. The Morgan fingerprint density at radius 1 is 1.33 bits per heavy atom. The molecule has 1 fully saturated rings. The number of hydrogen-bond acceptors (Lipinski definition) is 7. The highest BCUT2D eigenvalue weighted by Crippen LogP contribution is 2.24. The van der Waals surface area contributed by atoms with E-state index in [1.165, 1.54) is 12.8 Å². The van der Waals surface area contributed by atoms with Gasteiger partial charge in [-0.2, -0.15) is 0 Å². The number of rotatable bonds is 7. The van der Waals surface area contributed by atoms with Crippen LogP contribution < -0.4 is 9.80 Å². The van der Waals surface area contributed by atoms with Gasteiger partial charge in [0.15, 0.2) is 0 Å². The molecule has 3 rings (SSSR count). The van der Waals surface area contributed by atoms with Crippen molar-refractivity contribution < 1.29 is 4.74 Å². The molecule has 2 aromatic heterocycles. The number of nitrogens with zero attached hydrogens (tertiary/aromatic N) is 5. The third-order valence-corrected chi connectivity index (χ3v) is 5.25. The van der Waals surface area contributed by atoms with Gasteiger partial charge in [0.1, 0.15) is 29.1 Å². The largest absolute Gasteiger partial charge is 0.372 e. The van der Waals surface area contributed by atoms with E-state index in [1.807, 2.05) is 20.9 Å². The second kappa shape index (κ2) is 7.90. The van der Waals surface area contributed by atoms with Crippen LogP contribution in [0.1, 0.15) is 43.5 Å². The maximum atomic E-state index is 5.61. The van der Waals surface area contributed by atoms with Gasteiger partial charge in [-0.15, -0.1) is 11.3 Å². The Hall–Kier alpha value is -1.73. The molecule has 3 heterocycles. The summed E-state index contributed by atoms with van der Waals surface area (Å²) in [5.41, 5.74) is 1.05. The standard InChI is InChI=1S/C17H25N5OS/c1-4-23-13(2)17-20-14(11-24-17)10-21(3)15-9-16(19-12-18-15)22-7-5-6-8-22/h9,11-13H,4-8,10H2,1-3H3. The molecule has 130 valence electrons. The predicted octanol–water partition coefficient (Wildman–Crippen LogP) is 3.27. The maximum Gasteiger partial charge on any atom is 0.134 e. The van der Waals surface area contributed by atoms with E-state index in [9.17, 15) is 0 Å². The van der Waals surface area contributed by atoms with E-state index < -0.39 is 0 Å². The summed E-state index contributed by atoms with van der Waals surface area (Å²) in [5.74, 6) is 1.95. The van der Waals surface area contributed by atoms with Crippen LogP contribution in [0.25, 0.3) is 0 Å². The molecule has 0 spiro atoms. The first-order valence-corrected chi connectivity index (χ1v) is 9.39. The molecule has 1 atom stereocenters. The summed E-state index contributed by atoms with van der Waals surface area (Å²) < 4.78 is 5.61. The third kappa shape index (κ3) is 4.02. The minimum absolute atomic E-state index is 0.0554. The summed E-state index contributed by atoms with van der Waals surface area (Å²) in [5, 5.41) is 3.13. The topological polar surface area (TPSA) is 54.4 Å². The second-order valence-corrected chi connectivity index (χ2v) is 6.95. The van der Waals surface area contributed by atoms with Crippen molar-refractivity contribution in [2.75, 3.05) is 36.5 Å². The zero-order valence-electron chi connectivity index (χ0n) is 14.6. The average Bonchev–Trinajstić information content (AvgIpc) is 3.27. The van der Waals surface area contributed by atoms with Crippen LogP contribution in [0, 0.1) is 0 Å². The Bertz CT molecular complexity index is 656. The maximum absolute atomic E-state index is 5.61. The Morgan fingerprint density at radius 2 is 2.12 bits per heavy atom. The van der Waals surface area contributed by atoms with E-state index in [1.54, 1.807) is 17.7 Å². The summed E-state index contributed by atoms with van der Waals surface area (Å²) in [4.78, 5) is 18.0. The molecular weight excluding hydrogens is 322 g/mol. The van der Waals surface area contributed by atoms with Gasteiger partial charge in [0.25, 0.3) is 0 Å². The van der Waals surface area contributed by atoms with E-state index in [4.69, 9.17) is 9.72 Å². The van der Waals surface area contributed by atoms with Crippen molar-refractivity contribution in [3.63, 3.8) is 0 Å². The van der Waals surface area contributed by atoms with Crippen molar-refractivity contribution in [1.82, 2.24) is 15.0 Å². The zero-order valence-corrected chi connectivity index (χ0v) is 15.4. The van der Waals surface area contributed by atoms with E-state index in [0.29, 0.717) is 6.61 Å². The normalized spacial score (nSPS) is 15.7. The molecule has 0 saturated carbocycles. The Labute approximate surface area is 147 Å². The molecule has 0 N–H and O–H groups in total. The van der Waals surface area contributed by atoms with Crippen LogP contribution in [0.2, 0.25) is 0 Å². The van der Waals surface area contributed by atoms with Gasteiger partial charge in [-0.05, 0) is 26.7 Å². The molecule has 1 unspecified atom stereocenters. The van der Waals surface area contributed by atoms with Crippen LogP contribution in [0.3, 0.4) is 0 Å². The van der Waals surface area contributed by atoms with Crippen molar-refractivity contribution in [3.05, 3.63) is 28.5 Å². The Kier molecular flexibility index (Phi) is 5.63. The molecule has 0 aliphatic carbocycles. The van der Waals surface area contributed by atoms with Crippen LogP contribution >= 0.6 is 11.3 Å². The first-order valence-electron chi connectivity index (χ1n) is 8.51. The molecular formula is C17H25N5OS. The highest BCUT2D eigenvalue weighted by molar-refractivity contribution is 7.09. The molecule has 7 heteroatoms. The van der Waals surface area contributed by atoms with Crippen molar-refractivity contribution in [1.29, 1.82) is 0 Å². The van der Waals surface area contributed by atoms with Gasteiger partial charge in [-0.25, -0.2) is 15.0 Å². The van der Waals surface area contributed by atoms with Crippen LogP contribution in [-0.4, -0.2) is 41.7 Å². The van der Waals surface area contributed by atoms with Gasteiger partial charge in [-0.3, -0.25) is 0 Å². The molecule has 6 nitrogen and oxygen atoms in total. The number of hydrogen-bond donors (Lipinski definition) is 0. The fourth-order valence-electron chi connectivity index (χ4n) is 2.89. The third-order valence-electron chi connectivity index (χ3n) is 4.19. The molecule has 0 aromatic carbocycles. The van der Waals surface area contributed by atoms with Crippen molar-refractivity contribution in [2.45, 2.75) is 39.3 Å². The second-order valence-electron chi connectivity index (χ2n) is 6.06. The van der Waals surface area contributed by atoms with Gasteiger partial charge in [-0.1, -0.05) is 0 Å². The summed E-state index contributed by atoms with van der Waals surface area (Å²) in [7, 11) is 2.04. The molecule has 24 heavy (non-hydrogen) atoms. The van der Waals surface area contributed by atoms with Crippen LogP contribution in [0.15, 0.2) is 17.8 Å². The Morgan fingerprint density at radius 3 is 2.88 bits per heavy atom. The van der Waals surface area contributed by atoms with Crippen molar-refractivity contribution >= 4 is 23.0 Å². The minimum atomic E-state index is 0.0554. The first-order chi connectivity index (χ1) is 11.7. The number of thiazole rings is 1. The van der Waals surface area contributed by atoms with Crippen LogP contribution in [0.5, 0.6) is 0 Å². The molecule has 1 saturated heterocycles. The fraction of sp³-hybridized carbons (Fsp3) is 0.588. The highest BCUT2D eigenvalue weighted by Gasteiger charge is 2.16. The zero-order chi connectivity index (χ0) is 16.9. The van der Waals surface area contributed by atoms with Crippen molar-refractivity contribution in [2.24, 2.45) is 0 Å². The predicted molar refractivity (Wildman–Crippen MR) is 97.7 cm³/mol. The lowest BCUT2D eigenvalue weighted by molar-refractivity contribution is 0.0761. The smallest absolute Gasteiger partial charge is 0.134 e. The van der Waals surface area contributed by atoms with Crippen LogP contribution in [0.4, 0.5) is 11.6 Å².